The summed E-state index contributed by atoms with van der Waals surface area (Å²) in [7, 11) is 1.80. The summed E-state index contributed by atoms with van der Waals surface area (Å²) in [6.07, 6.45) is -4.40. The molecule has 1 N–H and O–H groups in total. The molecule has 8 heteroatoms. The fourth-order valence-electron chi connectivity index (χ4n) is 2.46. The maximum absolute atomic E-state index is 12.2. The van der Waals surface area contributed by atoms with Crippen LogP contribution in [0.4, 0.5) is 13.2 Å². The van der Waals surface area contributed by atoms with E-state index < -0.39 is 12.8 Å². The van der Waals surface area contributed by atoms with E-state index in [1.165, 1.54) is 12.1 Å². The van der Waals surface area contributed by atoms with Gasteiger partial charge in [0.1, 0.15) is 5.75 Å². The molecule has 0 aliphatic rings. The summed E-state index contributed by atoms with van der Waals surface area (Å²) in [4.78, 5) is 13.9. The normalized spacial score (nSPS) is 11.1. The SMILES string of the molecule is CN(CC(=O)NCc1cccc(OCC(F)(F)F)c1)Cc1ccc(C#N)cc1. The first-order chi connectivity index (χ1) is 13.2. The highest BCUT2D eigenvalue weighted by Gasteiger charge is 2.28. The molecule has 0 aromatic heterocycles. The number of benzene rings is 2. The number of carbonyl (C=O) groups is 1. The highest BCUT2D eigenvalue weighted by molar-refractivity contribution is 5.78. The number of hydrogen-bond donors (Lipinski definition) is 1. The van der Waals surface area contributed by atoms with Gasteiger partial charge < -0.3 is 10.1 Å². The molecular weight excluding hydrogens is 371 g/mol. The van der Waals surface area contributed by atoms with Crippen molar-refractivity contribution < 1.29 is 22.7 Å². The Morgan fingerprint density at radius 2 is 1.89 bits per heavy atom. The average molecular weight is 391 g/mol. The quantitative estimate of drug-likeness (QED) is 0.750. The Kier molecular flexibility index (Phi) is 7.41. The second-order valence-corrected chi connectivity index (χ2v) is 6.31. The predicted molar refractivity (Wildman–Crippen MR) is 97.3 cm³/mol. The number of alkyl halides is 3. The highest BCUT2D eigenvalue weighted by atomic mass is 19.4. The molecule has 0 fully saturated rings. The fourth-order valence-corrected chi connectivity index (χ4v) is 2.46. The van der Waals surface area contributed by atoms with Gasteiger partial charge in [-0.3, -0.25) is 9.69 Å². The van der Waals surface area contributed by atoms with Crippen LogP contribution in [0.1, 0.15) is 16.7 Å². The summed E-state index contributed by atoms with van der Waals surface area (Å²) in [5, 5.41) is 11.5. The zero-order valence-corrected chi connectivity index (χ0v) is 15.3. The van der Waals surface area contributed by atoms with Gasteiger partial charge in [-0.15, -0.1) is 0 Å². The van der Waals surface area contributed by atoms with Crippen molar-refractivity contribution in [2.45, 2.75) is 19.3 Å². The van der Waals surface area contributed by atoms with Gasteiger partial charge in [0.15, 0.2) is 6.61 Å². The van der Waals surface area contributed by atoms with Gasteiger partial charge in [-0.05, 0) is 42.4 Å². The van der Waals surface area contributed by atoms with E-state index >= 15 is 0 Å². The Bertz CT molecular complexity index is 830. The predicted octanol–water partition coefficient (Wildman–Crippen LogP) is 3.25. The number of hydrogen-bond acceptors (Lipinski definition) is 4. The van der Waals surface area contributed by atoms with E-state index in [1.54, 1.807) is 31.3 Å². The Morgan fingerprint density at radius 1 is 1.18 bits per heavy atom. The third kappa shape index (κ3) is 7.68. The van der Waals surface area contributed by atoms with E-state index in [-0.39, 0.29) is 24.7 Å². The van der Waals surface area contributed by atoms with E-state index in [1.807, 2.05) is 23.1 Å². The van der Waals surface area contributed by atoms with Crippen LogP contribution >= 0.6 is 0 Å². The van der Waals surface area contributed by atoms with Gasteiger partial charge in [-0.1, -0.05) is 24.3 Å². The van der Waals surface area contributed by atoms with Gasteiger partial charge >= 0.3 is 6.18 Å². The summed E-state index contributed by atoms with van der Waals surface area (Å²) in [5.74, 6) is -0.111. The number of rotatable bonds is 8. The lowest BCUT2D eigenvalue weighted by molar-refractivity contribution is -0.153. The van der Waals surface area contributed by atoms with Gasteiger partial charge in [-0.2, -0.15) is 18.4 Å². The zero-order valence-electron chi connectivity index (χ0n) is 15.3. The zero-order chi connectivity index (χ0) is 20.6. The molecule has 2 aromatic rings. The minimum Gasteiger partial charge on any atom is -0.484 e. The highest BCUT2D eigenvalue weighted by Crippen LogP contribution is 2.19. The summed E-state index contributed by atoms with van der Waals surface area (Å²) in [5.41, 5.74) is 2.19. The molecule has 0 atom stereocenters. The molecule has 1 amide bonds. The van der Waals surface area contributed by atoms with Crippen LogP contribution < -0.4 is 10.1 Å². The lowest BCUT2D eigenvalue weighted by atomic mass is 10.1. The molecule has 2 rings (SSSR count). The number of likely N-dealkylation sites (N-methyl/N-ethyl adjacent to an activating group) is 1. The first-order valence-corrected chi connectivity index (χ1v) is 8.48. The van der Waals surface area contributed by atoms with Gasteiger partial charge in [0.05, 0.1) is 18.2 Å². The molecule has 0 unspecified atom stereocenters. The summed E-state index contributed by atoms with van der Waals surface area (Å²) in [6.45, 7) is -0.472. The van der Waals surface area contributed by atoms with Gasteiger partial charge in [-0.25, -0.2) is 0 Å². The molecule has 0 heterocycles. The van der Waals surface area contributed by atoms with Crippen molar-refractivity contribution >= 4 is 5.91 Å². The molecular formula is C20H20F3N3O2. The average Bonchev–Trinajstić information content (AvgIpc) is 2.65. The Balaban J connectivity index is 1.79. The Hall–Kier alpha value is -3.05. The standard InChI is InChI=1S/C20H20F3N3O2/c1-26(12-16-7-5-15(10-24)6-8-16)13-19(27)25-11-17-3-2-4-18(9-17)28-14-20(21,22)23/h2-9H,11-14H2,1H3,(H,25,27). The summed E-state index contributed by atoms with van der Waals surface area (Å²) >= 11 is 0. The maximum Gasteiger partial charge on any atom is 0.422 e. The molecule has 0 saturated heterocycles. The molecule has 5 nitrogen and oxygen atoms in total. The number of nitrogens with one attached hydrogen (secondary N) is 1. The monoisotopic (exact) mass is 391 g/mol. The van der Waals surface area contributed by atoms with Crippen LogP contribution in [0.15, 0.2) is 48.5 Å². The van der Waals surface area contributed by atoms with Gasteiger partial charge in [0, 0.05) is 13.1 Å². The van der Waals surface area contributed by atoms with Gasteiger partial charge in [0.2, 0.25) is 5.91 Å². The lowest BCUT2D eigenvalue weighted by Crippen LogP contribution is -2.34. The minimum absolute atomic E-state index is 0.0991. The smallest absolute Gasteiger partial charge is 0.422 e. The lowest BCUT2D eigenvalue weighted by Gasteiger charge is -2.16. The van der Waals surface area contributed by atoms with Crippen molar-refractivity contribution in [3.8, 4) is 11.8 Å². The second kappa shape index (κ2) is 9.76. The number of carbonyl (C=O) groups excluding carboxylic acids is 1. The van der Waals surface area contributed by atoms with Crippen LogP contribution in [0.2, 0.25) is 0 Å². The molecule has 0 aliphatic heterocycles. The van der Waals surface area contributed by atoms with E-state index in [0.29, 0.717) is 17.7 Å². The fraction of sp³-hybridized carbons (Fsp3) is 0.300. The van der Waals surface area contributed by atoms with Crippen LogP contribution in [0, 0.1) is 11.3 Å². The van der Waals surface area contributed by atoms with Crippen LogP contribution in [-0.4, -0.2) is 37.2 Å². The molecule has 0 bridgehead atoms. The molecule has 148 valence electrons. The molecule has 28 heavy (non-hydrogen) atoms. The third-order valence-corrected chi connectivity index (χ3v) is 3.74. The van der Waals surface area contributed by atoms with E-state index in [4.69, 9.17) is 10.00 Å². The van der Waals surface area contributed by atoms with Crippen LogP contribution in [0.5, 0.6) is 5.75 Å². The molecule has 0 spiro atoms. The number of nitriles is 1. The van der Waals surface area contributed by atoms with Crippen LogP contribution in [-0.2, 0) is 17.9 Å². The summed E-state index contributed by atoms with van der Waals surface area (Å²) < 4.78 is 41.3. The molecule has 0 radical (unpaired) electrons. The number of halogens is 3. The van der Waals surface area contributed by atoms with E-state index in [9.17, 15) is 18.0 Å². The first kappa shape index (κ1) is 21.3. The van der Waals surface area contributed by atoms with Gasteiger partial charge in [0.25, 0.3) is 0 Å². The third-order valence-electron chi connectivity index (χ3n) is 3.74. The van der Waals surface area contributed by atoms with Crippen molar-refractivity contribution in [1.82, 2.24) is 10.2 Å². The van der Waals surface area contributed by atoms with Crippen LogP contribution in [0.3, 0.4) is 0 Å². The molecule has 2 aromatic carbocycles. The second-order valence-electron chi connectivity index (χ2n) is 6.31. The van der Waals surface area contributed by atoms with Crippen LogP contribution in [0.25, 0.3) is 0 Å². The molecule has 0 aliphatic carbocycles. The first-order valence-electron chi connectivity index (χ1n) is 8.48. The topological polar surface area (TPSA) is 65.4 Å². The van der Waals surface area contributed by atoms with E-state index in [2.05, 4.69) is 5.32 Å². The maximum atomic E-state index is 12.2. The Morgan fingerprint density at radius 3 is 2.54 bits per heavy atom. The number of ether oxygens (including phenoxy) is 1. The van der Waals surface area contributed by atoms with Crippen molar-refractivity contribution in [3.05, 3.63) is 65.2 Å². The number of nitrogens with zero attached hydrogens (tertiary/aromatic N) is 2. The van der Waals surface area contributed by atoms with E-state index in [0.717, 1.165) is 5.56 Å². The van der Waals surface area contributed by atoms with Crippen molar-refractivity contribution in [2.75, 3.05) is 20.2 Å². The Labute approximate surface area is 161 Å². The minimum atomic E-state index is -4.40. The van der Waals surface area contributed by atoms with Crippen molar-refractivity contribution in [2.24, 2.45) is 0 Å². The summed E-state index contributed by atoms with van der Waals surface area (Å²) in [6, 6.07) is 15.3. The van der Waals surface area contributed by atoms with Crippen molar-refractivity contribution in [3.63, 3.8) is 0 Å². The number of amides is 1. The van der Waals surface area contributed by atoms with Crippen molar-refractivity contribution in [1.29, 1.82) is 5.26 Å². The largest absolute Gasteiger partial charge is 0.484 e. The molecule has 0 saturated carbocycles.